The van der Waals surface area contributed by atoms with Crippen LogP contribution in [0.5, 0.6) is 0 Å². The Hall–Kier alpha value is -0.0400. The summed E-state index contributed by atoms with van der Waals surface area (Å²) in [7, 11) is 0. The molecule has 1 nitrogen and oxygen atoms in total. The van der Waals surface area contributed by atoms with Crippen molar-refractivity contribution in [3.63, 3.8) is 0 Å². The van der Waals surface area contributed by atoms with E-state index in [9.17, 15) is 4.79 Å². The fourth-order valence-corrected chi connectivity index (χ4v) is 1.37. The molecule has 1 rings (SSSR count). The van der Waals surface area contributed by atoms with Crippen LogP contribution in [0.1, 0.15) is 25.7 Å². The quantitative estimate of drug-likeness (QED) is 0.497. The van der Waals surface area contributed by atoms with E-state index in [1.807, 2.05) is 0 Å². The van der Waals surface area contributed by atoms with Gasteiger partial charge in [-0.25, -0.2) is 0 Å². The van der Waals surface area contributed by atoms with E-state index in [1.54, 1.807) is 0 Å². The fraction of sp³-hybridized carbons (Fsp3) is 0.833. The number of halogens is 1. The Morgan fingerprint density at radius 1 is 1.38 bits per heavy atom. The second kappa shape index (κ2) is 2.49. The number of rotatable bonds is 1. The van der Waals surface area contributed by atoms with E-state index in [0.29, 0.717) is 0 Å². The number of hydrogen-bond donors (Lipinski definition) is 0. The van der Waals surface area contributed by atoms with Crippen LogP contribution in [0, 0.1) is 5.92 Å². The van der Waals surface area contributed by atoms with Gasteiger partial charge in [0.05, 0.1) is 0 Å². The lowest BCUT2D eigenvalue weighted by Crippen LogP contribution is -2.01. The number of hydrogen-bond acceptors (Lipinski definition) is 1. The van der Waals surface area contributed by atoms with Gasteiger partial charge >= 0.3 is 0 Å². The van der Waals surface area contributed by atoms with Gasteiger partial charge in [-0.15, -0.1) is 0 Å². The normalized spacial score (nSPS) is 21.6. The zero-order valence-electron chi connectivity index (χ0n) is 4.69. The van der Waals surface area contributed by atoms with E-state index in [-0.39, 0.29) is 11.2 Å². The lowest BCUT2D eigenvalue weighted by molar-refractivity contribution is -0.114. The molecule has 0 aromatic carbocycles. The van der Waals surface area contributed by atoms with E-state index < -0.39 is 0 Å². The van der Waals surface area contributed by atoms with Crippen LogP contribution in [-0.4, -0.2) is 5.24 Å². The summed E-state index contributed by atoms with van der Waals surface area (Å²) in [5.41, 5.74) is 0. The minimum atomic E-state index is -0.137. The summed E-state index contributed by atoms with van der Waals surface area (Å²) in [6.45, 7) is 0. The maximum Gasteiger partial charge on any atom is 0.224 e. The maximum absolute atomic E-state index is 10.4. The fourth-order valence-electron chi connectivity index (χ4n) is 1.15. The topological polar surface area (TPSA) is 17.1 Å². The van der Waals surface area contributed by atoms with Crippen molar-refractivity contribution >= 4 is 16.8 Å². The lowest BCUT2D eigenvalue weighted by atomic mass is 9.89. The Kier molecular flexibility index (Phi) is 1.90. The molecule has 46 valence electrons. The molecule has 0 heterocycles. The third kappa shape index (κ3) is 1.22. The molecule has 0 spiro atoms. The van der Waals surface area contributed by atoms with Crippen LogP contribution in [0.15, 0.2) is 0 Å². The highest BCUT2D eigenvalue weighted by Crippen LogP contribution is 2.26. The average molecular weight is 132 g/mol. The number of carbonyl (C=O) groups excluding carboxylic acids is 1. The summed E-state index contributed by atoms with van der Waals surface area (Å²) in [6.07, 6.45) is 4.40. The zero-order chi connectivity index (χ0) is 5.98. The first-order valence-corrected chi connectivity index (χ1v) is 3.38. The molecule has 0 radical (unpaired) electrons. The van der Waals surface area contributed by atoms with Crippen molar-refractivity contribution in [3.05, 3.63) is 0 Å². The summed E-state index contributed by atoms with van der Waals surface area (Å²) in [4.78, 5) is 10.4. The van der Waals surface area contributed by atoms with Crippen molar-refractivity contribution in [2.45, 2.75) is 25.7 Å². The molecule has 8 heavy (non-hydrogen) atoms. The van der Waals surface area contributed by atoms with Crippen LogP contribution in [0.25, 0.3) is 0 Å². The van der Waals surface area contributed by atoms with Crippen LogP contribution >= 0.6 is 11.6 Å². The minimum Gasteiger partial charge on any atom is -0.281 e. The Balaban J connectivity index is 2.35. The van der Waals surface area contributed by atoms with E-state index >= 15 is 0 Å². The van der Waals surface area contributed by atoms with Crippen molar-refractivity contribution in [1.29, 1.82) is 0 Å². The monoisotopic (exact) mass is 131 g/mol. The van der Waals surface area contributed by atoms with Gasteiger partial charge in [-0.05, 0) is 24.4 Å². The van der Waals surface area contributed by atoms with Crippen LogP contribution in [-0.2, 0) is 4.79 Å². The van der Waals surface area contributed by atoms with Gasteiger partial charge in [-0.3, -0.25) is 4.79 Å². The first-order chi connectivity index (χ1) is 3.80. The predicted molar refractivity (Wildman–Crippen MR) is 32.8 cm³/mol. The molecule has 0 aromatic rings. The summed E-state index contributed by atoms with van der Waals surface area (Å²) in [5, 5.41) is -0.137. The predicted octanol–water partition coefficient (Wildman–Crippen LogP) is 1.94. The summed E-state index contributed by atoms with van der Waals surface area (Å²) < 4.78 is 0. The molecular weight excluding hydrogens is 123 g/mol. The molecule has 0 N–H and O–H groups in total. The van der Waals surface area contributed by atoms with Crippen molar-refractivity contribution in [2.24, 2.45) is 5.92 Å². The van der Waals surface area contributed by atoms with Gasteiger partial charge in [-0.2, -0.15) is 0 Å². The van der Waals surface area contributed by atoms with E-state index in [0.717, 1.165) is 12.8 Å². The average Bonchev–Trinajstić information content (AvgIpc) is 2.12. The van der Waals surface area contributed by atoms with Crippen molar-refractivity contribution in [2.75, 3.05) is 0 Å². The van der Waals surface area contributed by atoms with Crippen molar-refractivity contribution in [3.8, 4) is 0 Å². The molecule has 0 bridgehead atoms. The van der Waals surface area contributed by atoms with Gasteiger partial charge in [0.2, 0.25) is 5.24 Å². The maximum atomic E-state index is 10.4. The molecule has 0 amide bonds. The number of carbonyl (C=O) groups is 1. The molecule has 0 saturated heterocycles. The minimum absolute atomic E-state index is 0.137. The molecular formula is C6H9ClO. The van der Waals surface area contributed by atoms with Crippen molar-refractivity contribution in [1.82, 2.24) is 0 Å². The first-order valence-electron chi connectivity index (χ1n) is 3.00. The highest BCUT2D eigenvalue weighted by atomic mass is 35.5. The smallest absolute Gasteiger partial charge is 0.224 e. The second-order valence-electron chi connectivity index (χ2n) is 2.29. The molecule has 2 heteroatoms. The van der Waals surface area contributed by atoms with Gasteiger partial charge < -0.3 is 0 Å². The molecule has 1 saturated carbocycles. The van der Waals surface area contributed by atoms with Gasteiger partial charge in [0.25, 0.3) is 0 Å². The molecule has 1 fully saturated rings. The molecule has 1 aliphatic carbocycles. The molecule has 0 aliphatic heterocycles. The van der Waals surface area contributed by atoms with Crippen LogP contribution < -0.4 is 0 Å². The highest BCUT2D eigenvalue weighted by molar-refractivity contribution is 6.64. The Labute approximate surface area is 54.0 Å². The highest BCUT2D eigenvalue weighted by Gasteiger charge is 2.20. The zero-order valence-corrected chi connectivity index (χ0v) is 5.45. The van der Waals surface area contributed by atoms with Crippen LogP contribution in [0.4, 0.5) is 0 Å². The van der Waals surface area contributed by atoms with Crippen LogP contribution in [0.2, 0.25) is 0 Å². The van der Waals surface area contributed by atoms with E-state index in [2.05, 4.69) is 0 Å². The Morgan fingerprint density at radius 3 is 2.12 bits per heavy atom. The van der Waals surface area contributed by atoms with E-state index in [4.69, 9.17) is 11.6 Å². The Morgan fingerprint density at radius 2 is 1.88 bits per heavy atom. The lowest BCUT2D eigenvalue weighted by Gasteiger charge is -1.96. The third-order valence-corrected chi connectivity index (χ3v) is 1.98. The second-order valence-corrected chi connectivity index (χ2v) is 2.66. The van der Waals surface area contributed by atoms with Crippen molar-refractivity contribution < 1.29 is 4.79 Å². The third-order valence-electron chi connectivity index (χ3n) is 1.68. The molecule has 0 aromatic heterocycles. The van der Waals surface area contributed by atoms with Gasteiger partial charge in [-0.1, -0.05) is 12.8 Å². The van der Waals surface area contributed by atoms with E-state index in [1.165, 1.54) is 12.8 Å². The first kappa shape index (κ1) is 6.09. The molecule has 0 atom stereocenters. The summed E-state index contributed by atoms with van der Waals surface area (Å²) >= 11 is 5.25. The Bertz CT molecular complexity index is 94.7. The SMILES string of the molecule is O=[11C](Cl)C1CCCC1. The van der Waals surface area contributed by atoms with Gasteiger partial charge in [0, 0.05) is 5.92 Å². The van der Waals surface area contributed by atoms with Gasteiger partial charge in [0.1, 0.15) is 0 Å². The van der Waals surface area contributed by atoms with Gasteiger partial charge in [0.15, 0.2) is 0 Å². The molecule has 1 aliphatic rings. The van der Waals surface area contributed by atoms with Crippen LogP contribution in [0.3, 0.4) is 0 Å². The summed E-state index contributed by atoms with van der Waals surface area (Å²) in [6, 6.07) is 0. The molecule has 0 unspecified atom stereocenters. The summed E-state index contributed by atoms with van der Waals surface area (Å²) in [5.74, 6) is 0.191. The largest absolute Gasteiger partial charge is 0.281 e. The standard InChI is InChI=1S/C6H9ClO/c7-6(8)5-3-1-2-4-5/h5H,1-4H2/i6-1.